The average molecular weight is 537 g/mol. The van der Waals surface area contributed by atoms with Gasteiger partial charge >= 0.3 is 11.7 Å². The van der Waals surface area contributed by atoms with Gasteiger partial charge in [0.25, 0.3) is 0 Å². The van der Waals surface area contributed by atoms with E-state index in [-0.39, 0.29) is 17.8 Å². The van der Waals surface area contributed by atoms with Crippen molar-refractivity contribution in [1.29, 1.82) is 0 Å². The van der Waals surface area contributed by atoms with E-state index in [0.29, 0.717) is 38.1 Å². The van der Waals surface area contributed by atoms with Crippen LogP contribution in [0.3, 0.4) is 0 Å². The van der Waals surface area contributed by atoms with Crippen LogP contribution in [-0.4, -0.2) is 93.6 Å². The van der Waals surface area contributed by atoms with Crippen molar-refractivity contribution in [1.82, 2.24) is 24.3 Å². The maximum absolute atomic E-state index is 12.7. The zero-order chi connectivity index (χ0) is 27.9. The number of aromatic nitrogens is 2. The van der Waals surface area contributed by atoms with Gasteiger partial charge in [0.1, 0.15) is 5.82 Å². The third-order valence-electron chi connectivity index (χ3n) is 8.32. The highest BCUT2D eigenvalue weighted by atomic mass is 16.2. The molecule has 0 spiro atoms. The highest BCUT2D eigenvalue weighted by molar-refractivity contribution is 5.89. The van der Waals surface area contributed by atoms with Gasteiger partial charge in [0.05, 0.1) is 11.2 Å². The fourth-order valence-corrected chi connectivity index (χ4v) is 6.11. The minimum Gasteiger partial charge on any atom is -0.338 e. The van der Waals surface area contributed by atoms with Gasteiger partial charge in [0, 0.05) is 58.1 Å². The molecule has 3 atom stereocenters. The van der Waals surface area contributed by atoms with Crippen LogP contribution >= 0.6 is 0 Å². The summed E-state index contributed by atoms with van der Waals surface area (Å²) in [7, 11) is 0. The van der Waals surface area contributed by atoms with Gasteiger partial charge in [-0.25, -0.2) is 9.59 Å². The Morgan fingerprint density at radius 2 is 1.67 bits per heavy atom. The number of rotatable bonds is 7. The summed E-state index contributed by atoms with van der Waals surface area (Å²) in [6.45, 7) is 10.4. The second-order valence-electron chi connectivity index (χ2n) is 11.8. The molecule has 3 fully saturated rings. The van der Waals surface area contributed by atoms with Crippen molar-refractivity contribution in [2.75, 3.05) is 51.1 Å². The van der Waals surface area contributed by atoms with E-state index in [2.05, 4.69) is 34.3 Å². The number of benzene rings is 1. The van der Waals surface area contributed by atoms with Crippen LogP contribution in [-0.2, 0) is 11.2 Å². The summed E-state index contributed by atoms with van der Waals surface area (Å²) in [6, 6.07) is 9.51. The lowest BCUT2D eigenvalue weighted by Gasteiger charge is -2.37. The molecular formula is C28H40N8O3. The molecule has 3 unspecified atom stereocenters. The Morgan fingerprint density at radius 1 is 1.05 bits per heavy atom. The Hall–Kier alpha value is -3.28. The number of hydrogen-bond acceptors (Lipinski definition) is 7. The number of piperazine rings is 1. The molecule has 0 radical (unpaired) electrons. The molecule has 5 N–H and O–H groups in total. The average Bonchev–Trinajstić information content (AvgIpc) is 3.42. The van der Waals surface area contributed by atoms with E-state index in [0.717, 1.165) is 43.6 Å². The van der Waals surface area contributed by atoms with E-state index in [4.69, 9.17) is 11.5 Å². The number of fused-ring (bicyclic) bond motifs is 1. The van der Waals surface area contributed by atoms with E-state index in [1.165, 1.54) is 10.1 Å². The number of carbonyl (C=O) groups excluding carboxylic acids is 2. The van der Waals surface area contributed by atoms with E-state index in [1.54, 1.807) is 35.9 Å². The zero-order valence-corrected chi connectivity index (χ0v) is 23.0. The van der Waals surface area contributed by atoms with Crippen molar-refractivity contribution < 1.29 is 9.59 Å². The van der Waals surface area contributed by atoms with Gasteiger partial charge < -0.3 is 26.2 Å². The molecule has 2 aliphatic heterocycles. The largest absolute Gasteiger partial charge is 0.354 e. The number of piperidine rings is 1. The Kier molecular flexibility index (Phi) is 7.49. The van der Waals surface area contributed by atoms with E-state index in [9.17, 15) is 14.4 Å². The van der Waals surface area contributed by atoms with E-state index < -0.39 is 11.2 Å². The summed E-state index contributed by atoms with van der Waals surface area (Å²) in [5, 5.41) is 2.70. The predicted molar refractivity (Wildman–Crippen MR) is 150 cm³/mol. The monoisotopic (exact) mass is 536 g/mol. The number of likely N-dealkylation sites (tertiary alicyclic amines) is 1. The summed E-state index contributed by atoms with van der Waals surface area (Å²) in [5.74, 6) is 2.33. The highest BCUT2D eigenvalue weighted by Crippen LogP contribution is 2.52. The van der Waals surface area contributed by atoms with Gasteiger partial charge in [0.2, 0.25) is 5.91 Å². The first-order valence-electron chi connectivity index (χ1n) is 13.8. The zero-order valence-electron chi connectivity index (χ0n) is 23.0. The van der Waals surface area contributed by atoms with Crippen LogP contribution in [0.25, 0.3) is 5.69 Å². The van der Waals surface area contributed by atoms with Gasteiger partial charge in [-0.05, 0) is 68.7 Å². The molecule has 1 saturated carbocycles. The minimum absolute atomic E-state index is 0.139. The molecule has 5 rings (SSSR count). The first kappa shape index (κ1) is 27.3. The van der Waals surface area contributed by atoms with Crippen LogP contribution in [0.4, 0.5) is 10.6 Å². The van der Waals surface area contributed by atoms with Gasteiger partial charge in [-0.3, -0.25) is 14.7 Å². The van der Waals surface area contributed by atoms with Crippen LogP contribution < -0.4 is 22.5 Å². The third-order valence-corrected chi connectivity index (χ3v) is 8.32. The lowest BCUT2D eigenvalue weighted by molar-refractivity contribution is -0.137. The first-order valence-corrected chi connectivity index (χ1v) is 13.8. The van der Waals surface area contributed by atoms with Crippen molar-refractivity contribution in [2.45, 2.75) is 38.8 Å². The molecule has 1 aromatic heterocycles. The fourth-order valence-electron chi connectivity index (χ4n) is 6.11. The number of hydrogen-bond donors (Lipinski definition) is 3. The fraction of sp³-hybridized carbons (Fsp3) is 0.571. The Balaban J connectivity index is 1.11. The highest BCUT2D eigenvalue weighted by Gasteiger charge is 2.56. The van der Waals surface area contributed by atoms with Gasteiger partial charge in [-0.1, -0.05) is 12.1 Å². The van der Waals surface area contributed by atoms with Crippen molar-refractivity contribution in [3.8, 4) is 5.69 Å². The number of nitrogens with one attached hydrogen (secondary N) is 1. The second kappa shape index (κ2) is 10.7. The normalized spacial score (nSPS) is 23.9. The van der Waals surface area contributed by atoms with Gasteiger partial charge in [-0.2, -0.15) is 4.98 Å². The number of amides is 3. The molecule has 2 aromatic rings. The van der Waals surface area contributed by atoms with Crippen molar-refractivity contribution in [3.05, 3.63) is 52.6 Å². The summed E-state index contributed by atoms with van der Waals surface area (Å²) >= 11 is 0. The maximum atomic E-state index is 12.7. The van der Waals surface area contributed by atoms with Gasteiger partial charge in [-0.15, -0.1) is 0 Å². The molecule has 2 saturated heterocycles. The molecular weight excluding hydrogens is 496 g/mol. The topological polar surface area (TPSA) is 143 Å². The lowest BCUT2D eigenvalue weighted by Crippen LogP contribution is -2.58. The van der Waals surface area contributed by atoms with Crippen LogP contribution in [0.1, 0.15) is 26.3 Å². The smallest absolute Gasteiger partial charge is 0.338 e. The number of anilines is 1. The second-order valence-corrected chi connectivity index (χ2v) is 11.8. The molecule has 39 heavy (non-hydrogen) atoms. The van der Waals surface area contributed by atoms with Crippen LogP contribution in [0.5, 0.6) is 0 Å². The molecule has 3 aliphatic rings. The minimum atomic E-state index is -0.944. The molecule has 210 valence electrons. The number of carbonyl (C=O) groups is 2. The van der Waals surface area contributed by atoms with E-state index in [1.807, 2.05) is 12.1 Å². The summed E-state index contributed by atoms with van der Waals surface area (Å²) < 4.78 is 1.46. The van der Waals surface area contributed by atoms with Crippen LogP contribution in [0, 0.1) is 17.8 Å². The Labute approximate surface area is 229 Å². The van der Waals surface area contributed by atoms with Gasteiger partial charge in [0.15, 0.2) is 0 Å². The third kappa shape index (κ3) is 6.00. The van der Waals surface area contributed by atoms with Crippen LogP contribution in [0.15, 0.2) is 41.3 Å². The number of nitrogens with zero attached hydrogens (tertiary/aromatic N) is 5. The molecule has 11 nitrogen and oxygen atoms in total. The van der Waals surface area contributed by atoms with Crippen molar-refractivity contribution in [2.24, 2.45) is 29.2 Å². The molecule has 1 aromatic carbocycles. The lowest BCUT2D eigenvalue weighted by atomic mass is 10.1. The Bertz CT molecular complexity index is 1250. The van der Waals surface area contributed by atoms with Crippen molar-refractivity contribution in [3.63, 3.8) is 0 Å². The SMILES string of the molecule is CC(N)C1C2CN(CCc3ccc(-n4ccc(NC(=O)N5CCN(C(=O)C(C)(C)N)CC5)nc4=O)cc3)CC21. The van der Waals surface area contributed by atoms with Crippen molar-refractivity contribution >= 4 is 17.8 Å². The molecule has 11 heteroatoms. The molecule has 3 amide bonds. The molecule has 3 heterocycles. The Morgan fingerprint density at radius 3 is 2.23 bits per heavy atom. The maximum Gasteiger partial charge on any atom is 0.354 e. The summed E-state index contributed by atoms with van der Waals surface area (Å²) in [6.07, 6.45) is 2.58. The first-order chi connectivity index (χ1) is 18.5. The molecule has 1 aliphatic carbocycles. The van der Waals surface area contributed by atoms with E-state index >= 15 is 0 Å². The quantitative estimate of drug-likeness (QED) is 0.473. The van der Waals surface area contributed by atoms with Crippen LogP contribution in [0.2, 0.25) is 0 Å². The predicted octanol–water partition coefficient (Wildman–Crippen LogP) is 0.713. The summed E-state index contributed by atoms with van der Waals surface area (Å²) in [4.78, 5) is 47.6. The number of nitrogens with two attached hydrogens (primary N) is 2. The number of urea groups is 1. The molecule has 0 bridgehead atoms. The standard InChI is InChI=1S/C28H40N8O3/c1-18(29)24-21-16-33(17-22(21)24)10-8-19-4-6-20(7-5-19)36-11-9-23(32-27(36)39)31-26(38)35-14-12-34(13-15-35)25(37)28(2,3)30/h4-7,9,11,18,21-22,24H,8,10,12-17,29-30H2,1-3H3,(H,31,32,38,39). The summed E-state index contributed by atoms with van der Waals surface area (Å²) in [5.41, 5.74) is 12.5.